The number of hydrogen-bond donors (Lipinski definition) is 0. The Hall–Kier alpha value is -2.25. The second-order valence-electron chi connectivity index (χ2n) is 6.58. The van der Waals surface area contributed by atoms with Gasteiger partial charge in [0.1, 0.15) is 17.3 Å². The predicted molar refractivity (Wildman–Crippen MR) is 109 cm³/mol. The molecule has 0 unspecified atom stereocenters. The Morgan fingerprint density at radius 1 is 1.04 bits per heavy atom. The molecule has 0 saturated carbocycles. The lowest BCUT2D eigenvalue weighted by Crippen LogP contribution is -2.48. The third-order valence-corrected chi connectivity index (χ3v) is 5.78. The molecule has 0 radical (unpaired) electrons. The normalized spacial score (nSPS) is 14.8. The van der Waals surface area contributed by atoms with Crippen molar-refractivity contribution in [1.82, 2.24) is 9.80 Å². The number of piperazine rings is 1. The first kappa shape index (κ1) is 20.5. The van der Waals surface area contributed by atoms with Gasteiger partial charge in [-0.05, 0) is 42.5 Å². The van der Waals surface area contributed by atoms with Crippen LogP contribution in [0, 0.1) is 5.82 Å². The molecular weight excluding hydrogens is 379 g/mol. The highest BCUT2D eigenvalue weighted by atomic mass is 32.2. The van der Waals surface area contributed by atoms with Crippen LogP contribution < -0.4 is 9.47 Å². The molecule has 1 saturated heterocycles. The summed E-state index contributed by atoms with van der Waals surface area (Å²) in [6, 6.07) is 12.3. The topological polar surface area (TPSA) is 42.0 Å². The van der Waals surface area contributed by atoms with E-state index >= 15 is 0 Å². The van der Waals surface area contributed by atoms with Crippen LogP contribution in [0.3, 0.4) is 0 Å². The second kappa shape index (κ2) is 9.80. The summed E-state index contributed by atoms with van der Waals surface area (Å²) in [6.45, 7) is 3.50. The van der Waals surface area contributed by atoms with Gasteiger partial charge in [-0.3, -0.25) is 9.69 Å². The Morgan fingerprint density at radius 2 is 1.75 bits per heavy atom. The third-order valence-electron chi connectivity index (χ3n) is 4.78. The molecule has 0 spiro atoms. The first-order valence-corrected chi connectivity index (χ1v) is 10.2. The summed E-state index contributed by atoms with van der Waals surface area (Å²) < 4.78 is 24.0. The molecule has 1 aliphatic rings. The minimum Gasteiger partial charge on any atom is -0.497 e. The number of halogens is 1. The van der Waals surface area contributed by atoms with E-state index in [4.69, 9.17) is 9.47 Å². The molecule has 3 rings (SSSR count). The van der Waals surface area contributed by atoms with Gasteiger partial charge in [-0.1, -0.05) is 0 Å². The van der Waals surface area contributed by atoms with Crippen LogP contribution in [0.5, 0.6) is 11.5 Å². The van der Waals surface area contributed by atoms with Crippen molar-refractivity contribution >= 4 is 17.7 Å². The first-order valence-electron chi connectivity index (χ1n) is 9.18. The molecule has 1 amide bonds. The Labute approximate surface area is 169 Å². The Kier molecular flexibility index (Phi) is 7.17. The highest BCUT2D eigenvalue weighted by molar-refractivity contribution is 8.00. The summed E-state index contributed by atoms with van der Waals surface area (Å²) in [4.78, 5) is 17.7. The van der Waals surface area contributed by atoms with E-state index in [1.165, 1.54) is 23.9 Å². The predicted octanol–water partition coefficient (Wildman–Crippen LogP) is 3.28. The number of rotatable bonds is 7. The summed E-state index contributed by atoms with van der Waals surface area (Å²) in [5.41, 5.74) is 0.831. The number of thioether (sulfide) groups is 1. The monoisotopic (exact) mass is 404 g/mol. The van der Waals surface area contributed by atoms with Crippen molar-refractivity contribution in [3.05, 3.63) is 53.8 Å². The van der Waals surface area contributed by atoms with Crippen LogP contribution in [-0.4, -0.2) is 61.9 Å². The van der Waals surface area contributed by atoms with E-state index in [2.05, 4.69) is 4.90 Å². The van der Waals surface area contributed by atoms with Gasteiger partial charge in [0.05, 0.1) is 20.0 Å². The van der Waals surface area contributed by atoms with Crippen LogP contribution in [0.25, 0.3) is 0 Å². The molecule has 28 heavy (non-hydrogen) atoms. The summed E-state index contributed by atoms with van der Waals surface area (Å²) in [6.07, 6.45) is 0. The molecule has 0 N–H and O–H groups in total. The Bertz CT molecular complexity index is 793. The maximum absolute atomic E-state index is 13.5. The summed E-state index contributed by atoms with van der Waals surface area (Å²) in [5, 5.41) is 0. The third kappa shape index (κ3) is 5.39. The van der Waals surface area contributed by atoms with Crippen LogP contribution in [0.1, 0.15) is 5.56 Å². The second-order valence-corrected chi connectivity index (χ2v) is 7.63. The largest absolute Gasteiger partial charge is 0.497 e. The van der Waals surface area contributed by atoms with Gasteiger partial charge in [0.2, 0.25) is 5.91 Å². The van der Waals surface area contributed by atoms with Crippen molar-refractivity contribution in [3.63, 3.8) is 0 Å². The van der Waals surface area contributed by atoms with Crippen LogP contribution in [0.4, 0.5) is 4.39 Å². The van der Waals surface area contributed by atoms with E-state index in [0.29, 0.717) is 31.1 Å². The zero-order chi connectivity index (χ0) is 19.9. The van der Waals surface area contributed by atoms with Crippen LogP contribution in [0.2, 0.25) is 0 Å². The molecule has 2 aromatic carbocycles. The van der Waals surface area contributed by atoms with E-state index in [9.17, 15) is 9.18 Å². The molecule has 150 valence electrons. The number of carbonyl (C=O) groups is 1. The molecule has 0 atom stereocenters. The summed E-state index contributed by atoms with van der Waals surface area (Å²) in [5.74, 6) is 1.80. The van der Waals surface area contributed by atoms with Gasteiger partial charge in [-0.25, -0.2) is 4.39 Å². The lowest BCUT2D eigenvalue weighted by molar-refractivity contribution is -0.130. The van der Waals surface area contributed by atoms with Gasteiger partial charge in [-0.2, -0.15) is 0 Å². The maximum atomic E-state index is 13.5. The molecule has 7 heteroatoms. The molecule has 0 bridgehead atoms. The van der Waals surface area contributed by atoms with Crippen molar-refractivity contribution in [1.29, 1.82) is 0 Å². The highest BCUT2D eigenvalue weighted by Crippen LogP contribution is 2.23. The van der Waals surface area contributed by atoms with Crippen molar-refractivity contribution in [2.75, 3.05) is 46.2 Å². The van der Waals surface area contributed by atoms with Gasteiger partial charge in [0, 0.05) is 43.2 Å². The van der Waals surface area contributed by atoms with Gasteiger partial charge in [0.15, 0.2) is 0 Å². The average Bonchev–Trinajstić information content (AvgIpc) is 2.73. The smallest absolute Gasteiger partial charge is 0.233 e. The van der Waals surface area contributed by atoms with Gasteiger partial charge in [-0.15, -0.1) is 11.8 Å². The Morgan fingerprint density at radius 3 is 2.39 bits per heavy atom. The van der Waals surface area contributed by atoms with E-state index in [1.54, 1.807) is 20.3 Å². The number of benzene rings is 2. The highest BCUT2D eigenvalue weighted by Gasteiger charge is 2.22. The SMILES string of the molecule is COc1ccc(SCC(=O)N2CCN(Cc3cc(F)ccc3OC)CC2)cc1. The summed E-state index contributed by atoms with van der Waals surface area (Å²) >= 11 is 1.53. The fraction of sp³-hybridized carbons (Fsp3) is 0.381. The van der Waals surface area contributed by atoms with Crippen molar-refractivity contribution in [2.45, 2.75) is 11.4 Å². The number of amides is 1. The van der Waals surface area contributed by atoms with Crippen molar-refractivity contribution in [3.8, 4) is 11.5 Å². The fourth-order valence-electron chi connectivity index (χ4n) is 3.18. The molecule has 1 fully saturated rings. The number of methoxy groups -OCH3 is 2. The van der Waals surface area contributed by atoms with Crippen LogP contribution >= 0.6 is 11.8 Å². The van der Waals surface area contributed by atoms with E-state index < -0.39 is 0 Å². The zero-order valence-corrected chi connectivity index (χ0v) is 17.0. The lowest BCUT2D eigenvalue weighted by Gasteiger charge is -2.35. The maximum Gasteiger partial charge on any atom is 0.233 e. The molecule has 0 aromatic heterocycles. The van der Waals surface area contributed by atoms with Gasteiger partial charge in [0.25, 0.3) is 0 Å². The molecule has 1 heterocycles. The Balaban J connectivity index is 1.46. The van der Waals surface area contributed by atoms with Crippen molar-refractivity contribution < 1.29 is 18.7 Å². The number of hydrogen-bond acceptors (Lipinski definition) is 5. The molecule has 0 aliphatic carbocycles. The van der Waals surface area contributed by atoms with Gasteiger partial charge < -0.3 is 14.4 Å². The molecule has 2 aromatic rings. The van der Waals surface area contributed by atoms with E-state index in [1.807, 2.05) is 29.2 Å². The minimum atomic E-state index is -0.264. The first-order chi connectivity index (χ1) is 13.6. The quantitative estimate of drug-likeness (QED) is 0.663. The molecular formula is C21H25FN2O3S. The van der Waals surface area contributed by atoms with Crippen molar-refractivity contribution in [2.24, 2.45) is 0 Å². The fourth-order valence-corrected chi connectivity index (χ4v) is 3.98. The lowest BCUT2D eigenvalue weighted by atomic mass is 10.1. The number of carbonyl (C=O) groups excluding carboxylic acids is 1. The molecule has 1 aliphatic heterocycles. The number of nitrogens with zero attached hydrogens (tertiary/aromatic N) is 2. The average molecular weight is 405 g/mol. The summed E-state index contributed by atoms with van der Waals surface area (Å²) in [7, 11) is 3.23. The van der Waals surface area contributed by atoms with E-state index in [-0.39, 0.29) is 11.7 Å². The number of ether oxygens (including phenoxy) is 2. The van der Waals surface area contributed by atoms with Crippen LogP contribution in [-0.2, 0) is 11.3 Å². The van der Waals surface area contributed by atoms with Crippen LogP contribution in [0.15, 0.2) is 47.4 Å². The van der Waals surface area contributed by atoms with Gasteiger partial charge >= 0.3 is 0 Å². The standard InChI is InChI=1S/C21H25FN2O3S/c1-26-18-4-6-19(7-5-18)28-15-21(25)24-11-9-23(10-12-24)14-16-13-17(22)3-8-20(16)27-2/h3-8,13H,9-12,14-15H2,1-2H3. The molecule has 5 nitrogen and oxygen atoms in total. The van der Waals surface area contributed by atoms with E-state index in [0.717, 1.165) is 29.3 Å². The minimum absolute atomic E-state index is 0.142. The zero-order valence-electron chi connectivity index (χ0n) is 16.2.